The van der Waals surface area contributed by atoms with Crippen molar-refractivity contribution in [1.82, 2.24) is 9.97 Å². The van der Waals surface area contributed by atoms with E-state index in [0.717, 1.165) is 89.5 Å². The number of hydrogen-bond acceptors (Lipinski definition) is 6. The van der Waals surface area contributed by atoms with Gasteiger partial charge in [0.25, 0.3) is 0 Å². The Labute approximate surface area is 370 Å². The van der Waals surface area contributed by atoms with Gasteiger partial charge in [-0.05, 0) is 120 Å². The highest BCUT2D eigenvalue weighted by Crippen LogP contribution is 2.43. The van der Waals surface area contributed by atoms with E-state index < -0.39 is 0 Å². The Morgan fingerprint density at radius 2 is 0.742 bits per heavy atom. The molecule has 62 heavy (non-hydrogen) atoms. The van der Waals surface area contributed by atoms with E-state index >= 15 is 0 Å². The molecule has 6 nitrogen and oxygen atoms in total. The zero-order chi connectivity index (χ0) is 45.1. The van der Waals surface area contributed by atoms with Crippen LogP contribution in [0.1, 0.15) is 161 Å². The van der Waals surface area contributed by atoms with Crippen molar-refractivity contribution in [3.63, 3.8) is 0 Å². The zero-order valence-electron chi connectivity index (χ0n) is 39.3. The van der Waals surface area contributed by atoms with Gasteiger partial charge in [0.15, 0.2) is 0 Å². The maximum absolute atomic E-state index is 12.4. The summed E-state index contributed by atoms with van der Waals surface area (Å²) in [5, 5.41) is 36.9. The minimum absolute atomic E-state index is 0.195. The molecule has 2 aromatic heterocycles. The average molecular weight is 831 g/mol. The number of rotatable bonds is 4. The predicted octanol–water partition coefficient (Wildman–Crippen LogP) is 13.0. The van der Waals surface area contributed by atoms with E-state index in [1.807, 2.05) is 43.3 Å². The lowest BCUT2D eigenvalue weighted by Crippen LogP contribution is -2.16. The fourth-order valence-electron chi connectivity index (χ4n) is 8.38. The molecule has 0 fully saturated rings. The van der Waals surface area contributed by atoms with Crippen LogP contribution in [0.5, 0.6) is 23.0 Å². The van der Waals surface area contributed by atoms with Gasteiger partial charge in [0.05, 0.1) is 17.1 Å². The lowest BCUT2D eigenvalue weighted by molar-refractivity contribution is 0.295. The molecule has 7 rings (SSSR count). The summed E-state index contributed by atoms with van der Waals surface area (Å²) in [6, 6.07) is 29.0. The van der Waals surface area contributed by atoms with Crippen molar-refractivity contribution < 1.29 is 20.1 Å². The first-order chi connectivity index (χ1) is 28.8. The topological polar surface area (TPSA) is 95.7 Å². The standard InChI is InChI=1S/C56H66N2O4/c1-33-16-14-18-47(57-33)48-19-15-17-46(58-48)32-62-52-40-22-38-28-43(54(5,6)7)26-36(50(38)60)20-34-24-42(53(2,3)4)25-35(49(34)59)21-37-27-44(55(8,9)10)29-39(51(37)61)23-41(52)31-45(30-40)56(11,12)13/h14-19,24-31,59-61H,20-23,32H2,1-13H3. The van der Waals surface area contributed by atoms with Crippen LogP contribution in [0.25, 0.3) is 11.4 Å². The van der Waals surface area contributed by atoms with Crippen LogP contribution in [-0.2, 0) is 54.0 Å². The Morgan fingerprint density at radius 1 is 0.435 bits per heavy atom. The Balaban J connectivity index is 1.50. The molecule has 6 heteroatoms. The van der Waals surface area contributed by atoms with E-state index in [0.29, 0.717) is 31.4 Å². The third-order valence-electron chi connectivity index (χ3n) is 12.4. The summed E-state index contributed by atoms with van der Waals surface area (Å²) in [7, 11) is 0. The van der Waals surface area contributed by atoms with Gasteiger partial charge in [-0.1, -0.05) is 144 Å². The molecule has 0 atom stereocenters. The number of phenolic OH excluding ortho intramolecular Hbond substituents is 3. The van der Waals surface area contributed by atoms with Crippen LogP contribution in [0.15, 0.2) is 84.9 Å². The average Bonchev–Trinajstić information content (AvgIpc) is 3.16. The van der Waals surface area contributed by atoms with E-state index in [1.165, 1.54) is 0 Å². The first-order valence-corrected chi connectivity index (χ1v) is 22.1. The molecule has 4 aromatic carbocycles. The number of aryl methyl sites for hydroxylation is 1. The van der Waals surface area contributed by atoms with Crippen LogP contribution >= 0.6 is 0 Å². The van der Waals surface area contributed by atoms with Crippen LogP contribution in [0, 0.1) is 6.92 Å². The first-order valence-electron chi connectivity index (χ1n) is 22.1. The molecule has 0 saturated heterocycles. The van der Waals surface area contributed by atoms with E-state index in [2.05, 4.69) is 132 Å². The SMILES string of the molecule is Cc1cccc(-c2cccc(COc3c4cc(C(C)(C)C)cc3Cc3cc(C(C)(C)C)cc(c3O)Cc3cc(C(C)(C)C)cc(c3O)Cc3cc(C(C)(C)C)cc(c3O)C4)n2)n1. The summed E-state index contributed by atoms with van der Waals surface area (Å²) < 4.78 is 7.02. The predicted molar refractivity (Wildman–Crippen MR) is 253 cm³/mol. The molecule has 6 aromatic rings. The van der Waals surface area contributed by atoms with Gasteiger partial charge in [0.1, 0.15) is 29.6 Å². The maximum Gasteiger partial charge on any atom is 0.130 e. The van der Waals surface area contributed by atoms with E-state index in [1.54, 1.807) is 0 Å². The largest absolute Gasteiger partial charge is 0.507 e. The highest BCUT2D eigenvalue weighted by atomic mass is 16.5. The van der Waals surface area contributed by atoms with Gasteiger partial charge in [0.2, 0.25) is 0 Å². The zero-order valence-corrected chi connectivity index (χ0v) is 39.3. The molecule has 1 aliphatic carbocycles. The molecule has 0 radical (unpaired) electrons. The molecule has 0 saturated carbocycles. The summed E-state index contributed by atoms with van der Waals surface area (Å²) >= 11 is 0. The second-order valence-electron chi connectivity index (χ2n) is 21.7. The van der Waals surface area contributed by atoms with Crippen LogP contribution in [0.4, 0.5) is 0 Å². The molecule has 1 aliphatic rings. The summed E-state index contributed by atoms with van der Waals surface area (Å²) in [6.45, 7) is 28.5. The van der Waals surface area contributed by atoms with Gasteiger partial charge in [-0.15, -0.1) is 0 Å². The molecule has 0 aliphatic heterocycles. The van der Waals surface area contributed by atoms with Gasteiger partial charge >= 0.3 is 0 Å². The van der Waals surface area contributed by atoms with Gasteiger partial charge in [-0.25, -0.2) is 4.98 Å². The Morgan fingerprint density at radius 3 is 1.08 bits per heavy atom. The Bertz CT molecular complexity index is 2540. The van der Waals surface area contributed by atoms with E-state index in [-0.39, 0.29) is 45.5 Å². The molecule has 8 bridgehead atoms. The highest BCUT2D eigenvalue weighted by Gasteiger charge is 2.28. The lowest BCUT2D eigenvalue weighted by Gasteiger charge is -2.27. The van der Waals surface area contributed by atoms with Crippen molar-refractivity contribution in [2.45, 2.75) is 144 Å². The number of aromatic hydroxyl groups is 3. The Hall–Kier alpha value is -5.62. The molecule has 0 amide bonds. The van der Waals surface area contributed by atoms with E-state index in [4.69, 9.17) is 14.7 Å². The Kier molecular flexibility index (Phi) is 11.6. The van der Waals surface area contributed by atoms with Crippen LogP contribution in [-0.4, -0.2) is 25.3 Å². The van der Waals surface area contributed by atoms with Gasteiger partial charge in [-0.3, -0.25) is 4.98 Å². The van der Waals surface area contributed by atoms with Crippen molar-refractivity contribution in [1.29, 1.82) is 0 Å². The van der Waals surface area contributed by atoms with Crippen molar-refractivity contribution in [3.8, 4) is 34.4 Å². The lowest BCUT2D eigenvalue weighted by atomic mass is 9.79. The van der Waals surface area contributed by atoms with Crippen molar-refractivity contribution in [2.24, 2.45) is 0 Å². The van der Waals surface area contributed by atoms with Crippen molar-refractivity contribution >= 4 is 0 Å². The second kappa shape index (κ2) is 16.3. The fourth-order valence-corrected chi connectivity index (χ4v) is 8.38. The minimum atomic E-state index is -0.218. The summed E-state index contributed by atoms with van der Waals surface area (Å²) in [6.07, 6.45) is 1.46. The van der Waals surface area contributed by atoms with Gasteiger partial charge in [-0.2, -0.15) is 0 Å². The van der Waals surface area contributed by atoms with Crippen molar-refractivity contribution in [2.75, 3.05) is 0 Å². The molecule has 2 heterocycles. The molecule has 3 N–H and O–H groups in total. The number of nitrogens with zero attached hydrogens (tertiary/aromatic N) is 2. The third-order valence-corrected chi connectivity index (χ3v) is 12.4. The fraction of sp³-hybridized carbons (Fsp3) is 0.393. The third kappa shape index (κ3) is 9.55. The monoisotopic (exact) mass is 831 g/mol. The molecule has 324 valence electrons. The summed E-state index contributed by atoms with van der Waals surface area (Å²) in [4.78, 5) is 9.73. The number of fused-ring (bicyclic) bond motifs is 8. The number of hydrogen-bond donors (Lipinski definition) is 3. The van der Waals surface area contributed by atoms with Crippen LogP contribution in [0.3, 0.4) is 0 Å². The highest BCUT2D eigenvalue weighted by molar-refractivity contribution is 5.60. The number of aromatic nitrogens is 2. The smallest absolute Gasteiger partial charge is 0.130 e. The van der Waals surface area contributed by atoms with Gasteiger partial charge < -0.3 is 20.1 Å². The number of phenols is 3. The van der Waals surface area contributed by atoms with Crippen molar-refractivity contribution in [3.05, 3.63) is 163 Å². The quantitative estimate of drug-likeness (QED) is 0.164. The second-order valence-corrected chi connectivity index (χ2v) is 21.7. The minimum Gasteiger partial charge on any atom is -0.507 e. The van der Waals surface area contributed by atoms with Crippen LogP contribution < -0.4 is 4.74 Å². The molecular weight excluding hydrogens is 765 g/mol. The van der Waals surface area contributed by atoms with E-state index in [9.17, 15) is 15.3 Å². The summed E-state index contributed by atoms with van der Waals surface area (Å²) in [5.74, 6) is 1.35. The number of pyridine rings is 2. The number of benzene rings is 4. The van der Waals surface area contributed by atoms with Crippen LogP contribution in [0.2, 0.25) is 0 Å². The molecular formula is C56H66N2O4. The summed E-state index contributed by atoms with van der Waals surface area (Å²) in [5.41, 5.74) is 13.3. The normalized spacial score (nSPS) is 13.6. The van der Waals surface area contributed by atoms with Gasteiger partial charge in [0, 0.05) is 31.4 Å². The molecule has 0 spiro atoms. The maximum atomic E-state index is 12.4. The first kappa shape index (κ1) is 44.4. The number of ether oxygens (including phenoxy) is 1. The molecule has 0 unspecified atom stereocenters.